The summed E-state index contributed by atoms with van der Waals surface area (Å²) in [5, 5.41) is 2.74. The molecule has 0 saturated carbocycles. The van der Waals surface area contributed by atoms with Crippen molar-refractivity contribution in [1.82, 2.24) is 10.3 Å². The third-order valence-electron chi connectivity index (χ3n) is 3.03. The van der Waals surface area contributed by atoms with Crippen molar-refractivity contribution in [1.29, 1.82) is 0 Å². The number of carbonyl (C=O) groups is 2. The predicted molar refractivity (Wildman–Crippen MR) is 103 cm³/mol. The van der Waals surface area contributed by atoms with Crippen molar-refractivity contribution < 1.29 is 23.8 Å². The van der Waals surface area contributed by atoms with E-state index in [0.717, 1.165) is 0 Å². The minimum atomic E-state index is -0.688. The van der Waals surface area contributed by atoms with Crippen LogP contribution in [0.2, 0.25) is 5.15 Å². The number of H-pyrrole nitrogens is 1. The Morgan fingerprint density at radius 2 is 1.96 bits per heavy atom. The third-order valence-corrected chi connectivity index (χ3v) is 3.56. The van der Waals surface area contributed by atoms with E-state index >= 15 is 0 Å². The number of alkyl carbamates (subject to hydrolysis) is 1. The van der Waals surface area contributed by atoms with Crippen LogP contribution in [0.15, 0.2) is 6.07 Å². The first-order valence-electron chi connectivity index (χ1n) is 8.22. The molecule has 1 heterocycles. The van der Waals surface area contributed by atoms with Crippen LogP contribution in [0.5, 0.6) is 0 Å². The Balaban J connectivity index is 3.09. The molecule has 1 aromatic rings. The van der Waals surface area contributed by atoms with Crippen LogP contribution < -0.4 is 10.2 Å². The van der Waals surface area contributed by atoms with Gasteiger partial charge in [0.1, 0.15) is 10.8 Å². The number of nitrogens with zero attached hydrogens (tertiary/aromatic N) is 1. The van der Waals surface area contributed by atoms with Crippen LogP contribution in [0.25, 0.3) is 0 Å². The van der Waals surface area contributed by atoms with Crippen molar-refractivity contribution in [3.05, 3.63) is 16.9 Å². The minimum absolute atomic E-state index is 0.0165. The Morgan fingerprint density at radius 1 is 1.31 bits per heavy atom. The van der Waals surface area contributed by atoms with Crippen LogP contribution in [0.1, 0.15) is 38.2 Å². The minimum Gasteiger partial charge on any atom is -0.461 e. The van der Waals surface area contributed by atoms with E-state index in [1.54, 1.807) is 13.8 Å². The fourth-order valence-electron chi connectivity index (χ4n) is 2.02. The molecule has 1 rings (SSSR count). The first-order chi connectivity index (χ1) is 12.3. The SMILES string of the molecule is CCOC(=O)NC(=S)N(CCOC(C)C)c1cc(Cl)[nH]c1C(=O)OCC. The summed E-state index contributed by atoms with van der Waals surface area (Å²) in [5.74, 6) is -0.580. The second kappa shape index (κ2) is 11.0. The highest BCUT2D eigenvalue weighted by Crippen LogP contribution is 2.26. The fourth-order valence-corrected chi connectivity index (χ4v) is 2.49. The molecule has 0 spiro atoms. The number of carbonyl (C=O) groups excluding carboxylic acids is 2. The van der Waals surface area contributed by atoms with E-state index < -0.39 is 12.1 Å². The summed E-state index contributed by atoms with van der Waals surface area (Å²) in [6.45, 7) is 8.18. The number of aromatic nitrogens is 1. The van der Waals surface area contributed by atoms with Gasteiger partial charge in [-0.2, -0.15) is 0 Å². The molecule has 2 N–H and O–H groups in total. The highest BCUT2D eigenvalue weighted by atomic mass is 35.5. The third kappa shape index (κ3) is 6.81. The molecule has 0 saturated heterocycles. The molecular weight excluding hydrogens is 382 g/mol. The number of nitrogens with one attached hydrogen (secondary N) is 2. The average Bonchev–Trinajstić information content (AvgIpc) is 2.93. The molecule has 0 aromatic carbocycles. The number of ether oxygens (including phenoxy) is 3. The number of aromatic amines is 1. The lowest BCUT2D eigenvalue weighted by Gasteiger charge is -2.25. The van der Waals surface area contributed by atoms with Crippen LogP contribution in [0.4, 0.5) is 10.5 Å². The number of amides is 1. The number of thiocarbonyl (C=S) groups is 1. The van der Waals surface area contributed by atoms with E-state index in [-0.39, 0.29) is 41.8 Å². The first-order valence-corrected chi connectivity index (χ1v) is 9.01. The van der Waals surface area contributed by atoms with E-state index in [0.29, 0.717) is 12.3 Å². The van der Waals surface area contributed by atoms with Gasteiger partial charge in [0.25, 0.3) is 0 Å². The molecule has 0 fully saturated rings. The highest BCUT2D eigenvalue weighted by Gasteiger charge is 2.24. The van der Waals surface area contributed by atoms with Crippen molar-refractivity contribution in [2.45, 2.75) is 33.8 Å². The Labute approximate surface area is 163 Å². The second-order valence-corrected chi connectivity index (χ2v) is 6.11. The van der Waals surface area contributed by atoms with Crippen molar-refractivity contribution in [3.8, 4) is 0 Å². The van der Waals surface area contributed by atoms with Gasteiger partial charge in [-0.1, -0.05) is 11.6 Å². The molecule has 0 atom stereocenters. The van der Waals surface area contributed by atoms with Crippen molar-refractivity contribution >= 4 is 46.7 Å². The maximum absolute atomic E-state index is 12.2. The van der Waals surface area contributed by atoms with E-state index in [4.69, 9.17) is 38.0 Å². The van der Waals surface area contributed by atoms with Crippen molar-refractivity contribution in [2.75, 3.05) is 31.3 Å². The smallest absolute Gasteiger partial charge is 0.413 e. The van der Waals surface area contributed by atoms with Gasteiger partial charge in [0, 0.05) is 6.54 Å². The molecule has 0 unspecified atom stereocenters. The molecule has 0 radical (unpaired) electrons. The summed E-state index contributed by atoms with van der Waals surface area (Å²) >= 11 is 11.3. The molecular formula is C16H24ClN3O5S. The fraction of sp³-hybridized carbons (Fsp3) is 0.562. The molecule has 1 aromatic heterocycles. The van der Waals surface area contributed by atoms with Crippen molar-refractivity contribution in [2.24, 2.45) is 0 Å². The molecule has 8 nitrogen and oxygen atoms in total. The van der Waals surface area contributed by atoms with Gasteiger partial charge in [-0.05, 0) is 46.0 Å². The predicted octanol–water partition coefficient (Wildman–Crippen LogP) is 3.11. The normalized spacial score (nSPS) is 10.5. The summed E-state index contributed by atoms with van der Waals surface area (Å²) in [6, 6.07) is 1.53. The van der Waals surface area contributed by atoms with Gasteiger partial charge in [0.05, 0.1) is 31.6 Å². The summed E-state index contributed by atoms with van der Waals surface area (Å²) in [4.78, 5) is 28.2. The zero-order chi connectivity index (χ0) is 19.7. The highest BCUT2D eigenvalue weighted by molar-refractivity contribution is 7.80. The maximum atomic E-state index is 12.2. The molecule has 26 heavy (non-hydrogen) atoms. The van der Waals surface area contributed by atoms with E-state index in [9.17, 15) is 9.59 Å². The quantitative estimate of drug-likeness (QED) is 0.507. The molecule has 0 bridgehead atoms. The summed E-state index contributed by atoms with van der Waals surface area (Å²) in [6.07, 6.45) is -0.672. The number of esters is 1. The Kier molecular flexibility index (Phi) is 9.39. The topological polar surface area (TPSA) is 92.9 Å². The molecule has 1 amide bonds. The number of rotatable bonds is 8. The molecule has 0 aliphatic carbocycles. The van der Waals surface area contributed by atoms with Gasteiger partial charge in [0.2, 0.25) is 0 Å². The lowest BCUT2D eigenvalue weighted by Crippen LogP contribution is -2.45. The summed E-state index contributed by atoms with van der Waals surface area (Å²) in [5.41, 5.74) is 0.511. The van der Waals surface area contributed by atoms with Gasteiger partial charge in [-0.3, -0.25) is 5.32 Å². The van der Waals surface area contributed by atoms with Gasteiger partial charge in [-0.15, -0.1) is 0 Å². The van der Waals surface area contributed by atoms with Gasteiger partial charge in [-0.25, -0.2) is 9.59 Å². The van der Waals surface area contributed by atoms with Crippen molar-refractivity contribution in [3.63, 3.8) is 0 Å². The lowest BCUT2D eigenvalue weighted by atomic mass is 10.3. The molecule has 0 aliphatic heterocycles. The van der Waals surface area contributed by atoms with Gasteiger partial charge in [0.15, 0.2) is 5.11 Å². The Bertz CT molecular complexity index is 635. The Hall–Kier alpha value is -1.84. The standard InChI is InChI=1S/C16H24ClN3O5S/c1-5-23-14(21)13-11(9-12(17)18-13)20(7-8-25-10(3)4)15(26)19-16(22)24-6-2/h9-10,18H,5-8H2,1-4H3,(H,19,22,26). The van der Waals surface area contributed by atoms with E-state index in [1.807, 2.05) is 13.8 Å². The van der Waals surface area contributed by atoms with Crippen LogP contribution in [0, 0.1) is 0 Å². The Morgan fingerprint density at radius 3 is 2.54 bits per heavy atom. The number of hydrogen-bond donors (Lipinski definition) is 2. The zero-order valence-corrected chi connectivity index (χ0v) is 16.8. The average molecular weight is 406 g/mol. The summed E-state index contributed by atoms with van der Waals surface area (Å²) in [7, 11) is 0. The lowest BCUT2D eigenvalue weighted by molar-refractivity contribution is 0.0520. The molecule has 146 valence electrons. The number of halogens is 1. The second-order valence-electron chi connectivity index (χ2n) is 5.32. The van der Waals surface area contributed by atoms with Crippen LogP contribution in [0.3, 0.4) is 0 Å². The van der Waals surface area contributed by atoms with Crippen LogP contribution in [-0.2, 0) is 14.2 Å². The zero-order valence-electron chi connectivity index (χ0n) is 15.3. The number of hydrogen-bond acceptors (Lipinski definition) is 6. The van der Waals surface area contributed by atoms with Gasteiger partial charge < -0.3 is 24.1 Å². The largest absolute Gasteiger partial charge is 0.461 e. The molecule has 10 heteroatoms. The summed E-state index contributed by atoms with van der Waals surface area (Å²) < 4.78 is 15.4. The monoisotopic (exact) mass is 405 g/mol. The van der Waals surface area contributed by atoms with Crippen LogP contribution in [-0.4, -0.2) is 54.6 Å². The van der Waals surface area contributed by atoms with E-state index in [2.05, 4.69) is 10.3 Å². The first kappa shape index (κ1) is 22.2. The van der Waals surface area contributed by atoms with Gasteiger partial charge >= 0.3 is 12.1 Å². The maximum Gasteiger partial charge on any atom is 0.413 e. The molecule has 0 aliphatic rings. The number of anilines is 1. The van der Waals surface area contributed by atoms with Crippen LogP contribution >= 0.6 is 23.8 Å². The van der Waals surface area contributed by atoms with E-state index in [1.165, 1.54) is 11.0 Å².